The van der Waals surface area contributed by atoms with E-state index >= 15 is 0 Å². The van der Waals surface area contributed by atoms with E-state index in [1.807, 2.05) is 37.9 Å². The maximum absolute atomic E-state index is 12.3. The predicted octanol–water partition coefficient (Wildman–Crippen LogP) is 4.35. The maximum Gasteiger partial charge on any atom is 0.241 e. The standard InChI is InChI=1S/C16H18Cl2N2O2/c1-10-7-8-12(22-10)9-20(3)11(2)16(21)19-14-6-4-5-13(17)15(14)18/h4-8,11H,9H2,1-3H3,(H,19,21)/t11-/m1/s1. The van der Waals surface area contributed by atoms with Gasteiger partial charge < -0.3 is 9.73 Å². The van der Waals surface area contributed by atoms with Gasteiger partial charge in [-0.2, -0.15) is 0 Å². The number of anilines is 1. The molecule has 0 spiro atoms. The number of benzene rings is 1. The molecule has 4 nitrogen and oxygen atoms in total. The van der Waals surface area contributed by atoms with Gasteiger partial charge in [0.05, 0.1) is 28.3 Å². The highest BCUT2D eigenvalue weighted by Gasteiger charge is 2.20. The van der Waals surface area contributed by atoms with Crippen LogP contribution >= 0.6 is 23.2 Å². The third-order valence-electron chi connectivity index (χ3n) is 3.45. The van der Waals surface area contributed by atoms with Crippen LogP contribution in [0, 0.1) is 6.92 Å². The third-order valence-corrected chi connectivity index (χ3v) is 4.27. The van der Waals surface area contributed by atoms with Crippen molar-refractivity contribution in [3.05, 3.63) is 51.9 Å². The van der Waals surface area contributed by atoms with Gasteiger partial charge in [0.25, 0.3) is 0 Å². The summed E-state index contributed by atoms with van der Waals surface area (Å²) >= 11 is 12.0. The average molecular weight is 341 g/mol. The number of nitrogens with one attached hydrogen (secondary N) is 1. The number of carbonyl (C=O) groups excluding carboxylic acids is 1. The van der Waals surface area contributed by atoms with Crippen LogP contribution in [0.25, 0.3) is 0 Å². The molecule has 0 radical (unpaired) electrons. The van der Waals surface area contributed by atoms with Gasteiger partial charge >= 0.3 is 0 Å². The lowest BCUT2D eigenvalue weighted by atomic mass is 10.2. The van der Waals surface area contributed by atoms with Crippen LogP contribution in [0.4, 0.5) is 5.69 Å². The first-order chi connectivity index (χ1) is 10.4. The van der Waals surface area contributed by atoms with E-state index in [2.05, 4.69) is 5.32 Å². The lowest BCUT2D eigenvalue weighted by Crippen LogP contribution is -2.39. The predicted molar refractivity (Wildman–Crippen MR) is 89.5 cm³/mol. The van der Waals surface area contributed by atoms with Gasteiger partial charge in [-0.3, -0.25) is 9.69 Å². The Bertz CT molecular complexity index is 670. The summed E-state index contributed by atoms with van der Waals surface area (Å²) in [6.45, 7) is 4.26. The summed E-state index contributed by atoms with van der Waals surface area (Å²) in [7, 11) is 1.86. The van der Waals surface area contributed by atoms with Gasteiger partial charge in [0.1, 0.15) is 11.5 Å². The second-order valence-corrected chi connectivity index (χ2v) is 5.98. The summed E-state index contributed by atoms with van der Waals surface area (Å²) in [5, 5.41) is 3.55. The van der Waals surface area contributed by atoms with Crippen LogP contribution in [0.15, 0.2) is 34.7 Å². The molecule has 1 N–H and O–H groups in total. The normalized spacial score (nSPS) is 12.5. The molecule has 0 aliphatic heterocycles. The summed E-state index contributed by atoms with van der Waals surface area (Å²) in [5.74, 6) is 1.52. The number of furan rings is 1. The molecular formula is C16H18Cl2N2O2. The Morgan fingerprint density at radius 3 is 2.68 bits per heavy atom. The maximum atomic E-state index is 12.3. The lowest BCUT2D eigenvalue weighted by molar-refractivity contribution is -0.120. The van der Waals surface area contributed by atoms with Crippen LogP contribution in [0.5, 0.6) is 0 Å². The first-order valence-corrected chi connectivity index (χ1v) is 7.64. The number of likely N-dealkylation sites (N-methyl/N-ethyl adjacent to an activating group) is 1. The molecule has 2 aromatic rings. The first kappa shape index (κ1) is 16.9. The summed E-state index contributed by atoms with van der Waals surface area (Å²) in [4.78, 5) is 14.2. The van der Waals surface area contributed by atoms with E-state index in [1.54, 1.807) is 18.2 Å². The Hall–Kier alpha value is -1.49. The van der Waals surface area contributed by atoms with Crippen LogP contribution in [-0.2, 0) is 11.3 Å². The molecule has 0 unspecified atom stereocenters. The van der Waals surface area contributed by atoms with Crippen molar-refractivity contribution < 1.29 is 9.21 Å². The molecule has 0 saturated carbocycles. The Morgan fingerprint density at radius 2 is 2.05 bits per heavy atom. The quantitative estimate of drug-likeness (QED) is 0.879. The molecule has 0 aliphatic rings. The lowest BCUT2D eigenvalue weighted by Gasteiger charge is -2.23. The number of aryl methyl sites for hydroxylation is 1. The molecule has 1 heterocycles. The van der Waals surface area contributed by atoms with E-state index in [1.165, 1.54) is 0 Å². The fourth-order valence-corrected chi connectivity index (χ4v) is 2.34. The van der Waals surface area contributed by atoms with Gasteiger partial charge in [-0.05, 0) is 45.2 Å². The van der Waals surface area contributed by atoms with Gasteiger partial charge in [-0.15, -0.1) is 0 Å². The zero-order chi connectivity index (χ0) is 16.3. The van der Waals surface area contributed by atoms with Gasteiger partial charge in [0.2, 0.25) is 5.91 Å². The molecule has 0 bridgehead atoms. The SMILES string of the molecule is Cc1ccc(CN(C)[C@H](C)C(=O)Nc2cccc(Cl)c2Cl)o1. The van der Waals surface area contributed by atoms with E-state index < -0.39 is 0 Å². The second kappa shape index (κ2) is 7.18. The summed E-state index contributed by atoms with van der Waals surface area (Å²) < 4.78 is 5.53. The zero-order valence-corrected chi connectivity index (χ0v) is 14.2. The molecule has 1 atom stereocenters. The van der Waals surface area contributed by atoms with Gasteiger partial charge in [0, 0.05) is 0 Å². The van der Waals surface area contributed by atoms with Crippen LogP contribution < -0.4 is 5.32 Å². The van der Waals surface area contributed by atoms with Crippen LogP contribution in [0.2, 0.25) is 10.0 Å². The molecule has 6 heteroatoms. The number of hydrogen-bond acceptors (Lipinski definition) is 3. The van der Waals surface area contributed by atoms with Crippen LogP contribution in [0.1, 0.15) is 18.4 Å². The molecule has 1 aromatic carbocycles. The minimum Gasteiger partial charge on any atom is -0.465 e. The molecule has 2 rings (SSSR count). The molecule has 1 amide bonds. The zero-order valence-electron chi connectivity index (χ0n) is 12.7. The Balaban J connectivity index is 2.00. The number of carbonyl (C=O) groups is 1. The molecular weight excluding hydrogens is 323 g/mol. The van der Waals surface area contributed by atoms with E-state index in [4.69, 9.17) is 27.6 Å². The largest absolute Gasteiger partial charge is 0.465 e. The molecule has 1 aromatic heterocycles. The number of nitrogens with zero attached hydrogens (tertiary/aromatic N) is 1. The highest BCUT2D eigenvalue weighted by Crippen LogP contribution is 2.29. The van der Waals surface area contributed by atoms with Crippen molar-refractivity contribution in [2.24, 2.45) is 0 Å². The van der Waals surface area contributed by atoms with Crippen molar-refractivity contribution in [2.45, 2.75) is 26.4 Å². The number of hydrogen-bond donors (Lipinski definition) is 1. The summed E-state index contributed by atoms with van der Waals surface area (Å²) in [6, 6.07) is 8.59. The highest BCUT2D eigenvalue weighted by atomic mass is 35.5. The van der Waals surface area contributed by atoms with Gasteiger partial charge in [-0.1, -0.05) is 29.3 Å². The van der Waals surface area contributed by atoms with E-state index in [0.717, 1.165) is 11.5 Å². The number of halogens is 2. The third kappa shape index (κ3) is 4.03. The Labute approximate surface area is 140 Å². The fraction of sp³-hybridized carbons (Fsp3) is 0.312. The Morgan fingerprint density at radius 1 is 1.32 bits per heavy atom. The molecule has 0 aliphatic carbocycles. The first-order valence-electron chi connectivity index (χ1n) is 6.89. The highest BCUT2D eigenvalue weighted by molar-refractivity contribution is 6.44. The van der Waals surface area contributed by atoms with E-state index in [-0.39, 0.29) is 11.9 Å². The molecule has 0 fully saturated rings. The smallest absolute Gasteiger partial charge is 0.241 e. The van der Waals surface area contributed by atoms with E-state index in [0.29, 0.717) is 22.3 Å². The van der Waals surface area contributed by atoms with Crippen molar-refractivity contribution in [3.63, 3.8) is 0 Å². The minimum atomic E-state index is -0.347. The van der Waals surface area contributed by atoms with E-state index in [9.17, 15) is 4.79 Å². The molecule has 0 saturated heterocycles. The second-order valence-electron chi connectivity index (χ2n) is 5.19. The molecule has 118 valence electrons. The van der Waals surface area contributed by atoms with Crippen LogP contribution in [0.3, 0.4) is 0 Å². The number of amides is 1. The monoisotopic (exact) mass is 340 g/mol. The van der Waals surface area contributed by atoms with Crippen molar-refractivity contribution >= 4 is 34.8 Å². The minimum absolute atomic E-state index is 0.157. The van der Waals surface area contributed by atoms with Crippen molar-refractivity contribution in [2.75, 3.05) is 12.4 Å². The Kier molecular flexibility index (Phi) is 5.51. The van der Waals surface area contributed by atoms with Crippen molar-refractivity contribution in [3.8, 4) is 0 Å². The fourth-order valence-electron chi connectivity index (χ4n) is 1.99. The van der Waals surface area contributed by atoms with Crippen molar-refractivity contribution in [1.29, 1.82) is 0 Å². The van der Waals surface area contributed by atoms with Gasteiger partial charge in [-0.25, -0.2) is 0 Å². The topological polar surface area (TPSA) is 45.5 Å². The van der Waals surface area contributed by atoms with Crippen LogP contribution in [-0.4, -0.2) is 23.9 Å². The molecule has 22 heavy (non-hydrogen) atoms. The average Bonchev–Trinajstić information content (AvgIpc) is 2.88. The summed E-state index contributed by atoms with van der Waals surface area (Å²) in [5.41, 5.74) is 0.508. The van der Waals surface area contributed by atoms with Crippen molar-refractivity contribution in [1.82, 2.24) is 4.90 Å². The summed E-state index contributed by atoms with van der Waals surface area (Å²) in [6.07, 6.45) is 0. The number of rotatable bonds is 5. The van der Waals surface area contributed by atoms with Gasteiger partial charge in [0.15, 0.2) is 0 Å².